The maximum atomic E-state index is 11.2. The molecule has 1 fully saturated rings. The van der Waals surface area contributed by atoms with Crippen LogP contribution in [0, 0.1) is 17.3 Å². The van der Waals surface area contributed by atoms with E-state index >= 15 is 0 Å². The lowest BCUT2D eigenvalue weighted by Crippen LogP contribution is -2.50. The van der Waals surface area contributed by atoms with Gasteiger partial charge in [0.2, 0.25) is 0 Å². The van der Waals surface area contributed by atoms with Crippen molar-refractivity contribution < 1.29 is 15.0 Å². The van der Waals surface area contributed by atoms with Gasteiger partial charge < -0.3 is 10.2 Å². The fourth-order valence-corrected chi connectivity index (χ4v) is 3.23. The van der Waals surface area contributed by atoms with Gasteiger partial charge in [-0.3, -0.25) is 0 Å². The summed E-state index contributed by atoms with van der Waals surface area (Å²) in [5, 5.41) is 19.4. The van der Waals surface area contributed by atoms with E-state index in [2.05, 4.69) is 20.8 Å². The molecule has 0 heterocycles. The number of aliphatic carboxylic acids is 1. The van der Waals surface area contributed by atoms with Gasteiger partial charge in [0, 0.05) is 5.92 Å². The van der Waals surface area contributed by atoms with E-state index in [1.54, 1.807) is 6.92 Å². The van der Waals surface area contributed by atoms with Crippen molar-refractivity contribution in [1.82, 2.24) is 0 Å². The number of carbonyl (C=O) groups is 1. The van der Waals surface area contributed by atoms with E-state index in [0.717, 1.165) is 19.3 Å². The topological polar surface area (TPSA) is 57.5 Å². The van der Waals surface area contributed by atoms with Gasteiger partial charge in [-0.15, -0.1) is 0 Å². The molecule has 3 atom stereocenters. The monoisotopic (exact) mass is 228 g/mol. The molecule has 1 rings (SSSR count). The Balaban J connectivity index is 2.86. The van der Waals surface area contributed by atoms with E-state index in [-0.39, 0.29) is 23.7 Å². The Kier molecular flexibility index (Phi) is 3.68. The van der Waals surface area contributed by atoms with Crippen LogP contribution < -0.4 is 0 Å². The highest BCUT2D eigenvalue weighted by atomic mass is 16.4. The summed E-state index contributed by atoms with van der Waals surface area (Å²) in [5.41, 5.74) is -1.25. The van der Waals surface area contributed by atoms with E-state index in [1.165, 1.54) is 0 Å². The predicted octanol–water partition coefficient (Wildman–Crippen LogP) is 2.67. The largest absolute Gasteiger partial charge is 0.479 e. The summed E-state index contributed by atoms with van der Waals surface area (Å²) in [5.74, 6) is -0.903. The Morgan fingerprint density at radius 1 is 1.50 bits per heavy atom. The molecule has 1 saturated carbocycles. The molecule has 0 bridgehead atoms. The van der Waals surface area contributed by atoms with Crippen LogP contribution in [0.5, 0.6) is 0 Å². The molecule has 0 radical (unpaired) electrons. The highest BCUT2D eigenvalue weighted by Crippen LogP contribution is 2.46. The number of carboxylic acids is 1. The van der Waals surface area contributed by atoms with E-state index in [4.69, 9.17) is 0 Å². The van der Waals surface area contributed by atoms with Crippen molar-refractivity contribution in [3.8, 4) is 0 Å². The van der Waals surface area contributed by atoms with Crippen molar-refractivity contribution in [2.45, 2.75) is 59.0 Å². The molecule has 16 heavy (non-hydrogen) atoms. The van der Waals surface area contributed by atoms with E-state index in [0.29, 0.717) is 0 Å². The van der Waals surface area contributed by atoms with Gasteiger partial charge in [0.15, 0.2) is 5.60 Å². The van der Waals surface area contributed by atoms with Gasteiger partial charge >= 0.3 is 5.97 Å². The molecular formula is C13H24O3. The summed E-state index contributed by atoms with van der Waals surface area (Å²) < 4.78 is 0. The minimum absolute atomic E-state index is 0.108. The maximum Gasteiger partial charge on any atom is 0.335 e. The smallest absolute Gasteiger partial charge is 0.335 e. The zero-order valence-corrected chi connectivity index (χ0v) is 10.8. The van der Waals surface area contributed by atoms with Gasteiger partial charge in [-0.2, -0.15) is 0 Å². The number of hydrogen-bond donors (Lipinski definition) is 2. The zero-order chi connectivity index (χ0) is 12.6. The summed E-state index contributed by atoms with van der Waals surface area (Å²) >= 11 is 0. The van der Waals surface area contributed by atoms with Crippen LogP contribution in [0.15, 0.2) is 0 Å². The molecule has 3 heteroatoms. The van der Waals surface area contributed by atoms with Crippen molar-refractivity contribution in [2.75, 3.05) is 0 Å². The van der Waals surface area contributed by atoms with Crippen LogP contribution in [0.4, 0.5) is 0 Å². The van der Waals surface area contributed by atoms with Gasteiger partial charge in [-0.25, -0.2) is 4.79 Å². The molecule has 0 aromatic heterocycles. The lowest BCUT2D eigenvalue weighted by Gasteiger charge is -2.44. The van der Waals surface area contributed by atoms with Crippen LogP contribution in [0.25, 0.3) is 0 Å². The first-order valence-corrected chi connectivity index (χ1v) is 6.18. The van der Waals surface area contributed by atoms with Crippen LogP contribution in [0.1, 0.15) is 53.4 Å². The quantitative estimate of drug-likeness (QED) is 0.780. The first kappa shape index (κ1) is 13.5. The summed E-state index contributed by atoms with van der Waals surface area (Å²) in [6, 6.07) is 0. The number of hydrogen-bond acceptors (Lipinski definition) is 2. The van der Waals surface area contributed by atoms with Gasteiger partial charge in [0.1, 0.15) is 0 Å². The summed E-state index contributed by atoms with van der Waals surface area (Å²) in [7, 11) is 0. The number of carboxylic acid groups (broad SMARTS) is 1. The molecule has 94 valence electrons. The van der Waals surface area contributed by atoms with Gasteiger partial charge in [0.25, 0.3) is 0 Å². The van der Waals surface area contributed by atoms with Crippen molar-refractivity contribution in [2.24, 2.45) is 17.3 Å². The highest BCUT2D eigenvalue weighted by Gasteiger charge is 2.48. The highest BCUT2D eigenvalue weighted by molar-refractivity contribution is 5.77. The van der Waals surface area contributed by atoms with E-state index < -0.39 is 11.6 Å². The fraction of sp³-hybridized carbons (Fsp3) is 0.923. The predicted molar refractivity (Wildman–Crippen MR) is 63.2 cm³/mol. The Hall–Kier alpha value is -0.570. The maximum absolute atomic E-state index is 11.2. The number of rotatable bonds is 3. The lowest BCUT2D eigenvalue weighted by molar-refractivity contribution is -0.171. The summed E-state index contributed by atoms with van der Waals surface area (Å²) in [6.07, 6.45) is 3.09. The second-order valence-electron chi connectivity index (χ2n) is 6.07. The van der Waals surface area contributed by atoms with Gasteiger partial charge in [0.05, 0.1) is 0 Å². The second-order valence-corrected chi connectivity index (χ2v) is 6.07. The van der Waals surface area contributed by atoms with Crippen LogP contribution >= 0.6 is 0 Å². The molecule has 0 aromatic carbocycles. The molecule has 3 nitrogen and oxygen atoms in total. The molecule has 0 amide bonds. The van der Waals surface area contributed by atoms with E-state index in [9.17, 15) is 15.0 Å². The normalized spacial score (nSPS) is 33.1. The summed E-state index contributed by atoms with van der Waals surface area (Å²) in [6.45, 7) is 8.24. The summed E-state index contributed by atoms with van der Waals surface area (Å²) in [4.78, 5) is 11.2. The molecule has 1 aliphatic rings. The minimum atomic E-state index is -1.53. The lowest BCUT2D eigenvalue weighted by atomic mass is 9.62. The van der Waals surface area contributed by atoms with Crippen LogP contribution in [0.3, 0.4) is 0 Å². The Labute approximate surface area is 97.9 Å². The Morgan fingerprint density at radius 2 is 2.06 bits per heavy atom. The van der Waals surface area contributed by atoms with Crippen molar-refractivity contribution in [3.05, 3.63) is 0 Å². The third-order valence-corrected chi connectivity index (χ3v) is 4.22. The molecule has 3 unspecified atom stereocenters. The standard InChI is InChI=1S/C13H24O3/c1-5-13(16,11(14)15)10-6-7-12(3,4)8-9(10)2/h9-10,16H,5-8H2,1-4H3,(H,14,15). The van der Waals surface area contributed by atoms with Crippen molar-refractivity contribution >= 4 is 5.97 Å². The molecule has 0 spiro atoms. The molecule has 1 aliphatic carbocycles. The average Bonchev–Trinajstić information content (AvgIpc) is 2.15. The van der Waals surface area contributed by atoms with E-state index in [1.807, 2.05) is 0 Å². The van der Waals surface area contributed by atoms with Crippen LogP contribution in [0.2, 0.25) is 0 Å². The molecule has 0 saturated heterocycles. The van der Waals surface area contributed by atoms with Crippen LogP contribution in [-0.2, 0) is 4.79 Å². The third-order valence-electron chi connectivity index (χ3n) is 4.22. The van der Waals surface area contributed by atoms with Crippen molar-refractivity contribution in [3.63, 3.8) is 0 Å². The Morgan fingerprint density at radius 3 is 2.44 bits per heavy atom. The van der Waals surface area contributed by atoms with Crippen LogP contribution in [-0.4, -0.2) is 21.8 Å². The number of aliphatic hydroxyl groups is 1. The molecule has 0 aliphatic heterocycles. The first-order chi connectivity index (χ1) is 7.23. The SMILES string of the molecule is CCC(O)(C(=O)O)C1CCC(C)(C)CC1C. The molecule has 2 N–H and O–H groups in total. The third kappa shape index (κ3) is 2.40. The van der Waals surface area contributed by atoms with Gasteiger partial charge in [-0.05, 0) is 37.0 Å². The fourth-order valence-electron chi connectivity index (χ4n) is 3.23. The first-order valence-electron chi connectivity index (χ1n) is 6.18. The van der Waals surface area contributed by atoms with Gasteiger partial charge in [-0.1, -0.05) is 27.7 Å². The van der Waals surface area contributed by atoms with Crippen molar-refractivity contribution in [1.29, 1.82) is 0 Å². The zero-order valence-electron chi connectivity index (χ0n) is 10.8. The Bertz CT molecular complexity index is 272. The minimum Gasteiger partial charge on any atom is -0.479 e. The molecule has 0 aromatic rings. The average molecular weight is 228 g/mol. The molecular weight excluding hydrogens is 204 g/mol. The second kappa shape index (κ2) is 4.36.